The number of benzene rings is 2. The maximum atomic E-state index is 12.6. The number of ether oxygens (including phenoxy) is 2. The average molecular weight is 572 g/mol. The molecule has 0 bridgehead atoms. The Morgan fingerprint density at radius 3 is 2.08 bits per heavy atom. The standard InChI is InChI=1S/C26H30ClN7O4S/c1-39-22-23(27)30-24(31-25(22)32-10-14-37-15-11-32)18-2-4-19(5-3-18)28-26(35)29-20-6-8-21(9-7-20)34(36)33-12-16-38-17-13-33/h2-9,34H,10-17H2,1H3,(H2,28,29,35). The third-order valence-electron chi connectivity index (χ3n) is 6.41. The monoisotopic (exact) mass is 571 g/mol. The maximum Gasteiger partial charge on any atom is 0.323 e. The first-order valence-electron chi connectivity index (χ1n) is 12.6. The van der Waals surface area contributed by atoms with Crippen molar-refractivity contribution in [3.05, 3.63) is 58.9 Å². The summed E-state index contributed by atoms with van der Waals surface area (Å²) in [6.07, 6.45) is 1.96. The molecular weight excluding hydrogens is 542 g/mol. The van der Waals surface area contributed by atoms with Crippen LogP contribution in [0.5, 0.6) is 0 Å². The Kier molecular flexibility index (Phi) is 9.14. The fraction of sp³-hybridized carbons (Fsp3) is 0.346. The molecule has 2 aliphatic rings. The highest BCUT2D eigenvalue weighted by Gasteiger charge is 2.21. The molecule has 2 amide bonds. The van der Waals surface area contributed by atoms with Gasteiger partial charge in [-0.15, -0.1) is 16.8 Å². The summed E-state index contributed by atoms with van der Waals surface area (Å²) in [5, 5.41) is 20.3. The molecule has 1 atom stereocenters. The van der Waals surface area contributed by atoms with Crippen molar-refractivity contribution in [2.24, 2.45) is 0 Å². The zero-order valence-corrected chi connectivity index (χ0v) is 23.1. The molecule has 13 heteroatoms. The first-order valence-corrected chi connectivity index (χ1v) is 14.2. The van der Waals surface area contributed by atoms with Crippen LogP contribution in [0, 0.1) is 5.21 Å². The fourth-order valence-electron chi connectivity index (χ4n) is 4.35. The molecule has 2 fully saturated rings. The minimum absolute atomic E-state index is 0.0418. The van der Waals surface area contributed by atoms with Gasteiger partial charge in [-0.25, -0.2) is 14.8 Å². The van der Waals surface area contributed by atoms with Crippen molar-refractivity contribution in [3.8, 4) is 11.4 Å². The molecule has 5 rings (SSSR count). The number of amides is 2. The fourth-order valence-corrected chi connectivity index (χ4v) is 5.31. The van der Waals surface area contributed by atoms with Gasteiger partial charge in [0.05, 0.1) is 44.4 Å². The van der Waals surface area contributed by atoms with Crippen molar-refractivity contribution >= 4 is 52.3 Å². The van der Waals surface area contributed by atoms with Crippen molar-refractivity contribution in [3.63, 3.8) is 0 Å². The molecule has 0 aliphatic carbocycles. The Bertz CT molecular complexity index is 1270. The second-order valence-electron chi connectivity index (χ2n) is 8.93. The van der Waals surface area contributed by atoms with Crippen molar-refractivity contribution in [2.45, 2.75) is 4.90 Å². The number of morpholine rings is 2. The SMILES string of the molecule is CSc1c(Cl)nc(-c2ccc(NC(=O)Nc3ccc([NH+]([O-])N4CCOCC4)cc3)cc2)nc1N1CCOCC1. The molecule has 0 radical (unpaired) electrons. The van der Waals surface area contributed by atoms with Crippen LogP contribution in [-0.2, 0) is 9.47 Å². The van der Waals surface area contributed by atoms with E-state index in [1.807, 2.05) is 18.4 Å². The number of aromatic nitrogens is 2. The van der Waals surface area contributed by atoms with Crippen LogP contribution in [0.4, 0.5) is 27.7 Å². The number of nitrogens with one attached hydrogen (secondary N) is 3. The van der Waals surface area contributed by atoms with Gasteiger partial charge in [-0.2, -0.15) is 0 Å². The van der Waals surface area contributed by atoms with Crippen LogP contribution < -0.4 is 20.7 Å². The highest BCUT2D eigenvalue weighted by atomic mass is 35.5. The Labute approximate surface area is 236 Å². The number of anilines is 3. The minimum atomic E-state index is -0.395. The number of quaternary nitrogens is 1. The Hall–Kier alpha value is -2.97. The van der Waals surface area contributed by atoms with Crippen LogP contribution in [0.15, 0.2) is 53.4 Å². The number of thioether (sulfide) groups is 1. The van der Waals surface area contributed by atoms with E-state index in [9.17, 15) is 10.0 Å². The molecule has 3 aromatic rings. The molecule has 1 unspecified atom stereocenters. The Morgan fingerprint density at radius 1 is 0.923 bits per heavy atom. The zero-order valence-electron chi connectivity index (χ0n) is 21.5. The summed E-state index contributed by atoms with van der Waals surface area (Å²) in [6, 6.07) is 13.7. The van der Waals surface area contributed by atoms with Gasteiger partial charge in [0.1, 0.15) is 11.0 Å². The van der Waals surface area contributed by atoms with E-state index < -0.39 is 6.03 Å². The van der Waals surface area contributed by atoms with Crippen LogP contribution in [-0.4, -0.2) is 79.9 Å². The average Bonchev–Trinajstić information content (AvgIpc) is 2.98. The van der Waals surface area contributed by atoms with Crippen LogP contribution in [0.25, 0.3) is 11.4 Å². The molecule has 3 N–H and O–H groups in total. The van der Waals surface area contributed by atoms with Crippen molar-refractivity contribution in [1.82, 2.24) is 15.0 Å². The van der Waals surface area contributed by atoms with Crippen molar-refractivity contribution in [2.75, 3.05) is 74.4 Å². The van der Waals surface area contributed by atoms with Gasteiger partial charge in [0.15, 0.2) is 11.5 Å². The van der Waals surface area contributed by atoms with Crippen molar-refractivity contribution in [1.29, 1.82) is 0 Å². The summed E-state index contributed by atoms with van der Waals surface area (Å²) < 4.78 is 10.8. The number of urea groups is 1. The second kappa shape index (κ2) is 12.9. The number of carbonyl (C=O) groups is 1. The third kappa shape index (κ3) is 6.79. The maximum absolute atomic E-state index is 12.6. The molecule has 3 heterocycles. The molecular formula is C26H30ClN7O4S. The molecule has 11 nitrogen and oxygen atoms in total. The van der Waals surface area contributed by atoms with E-state index >= 15 is 0 Å². The summed E-state index contributed by atoms with van der Waals surface area (Å²) in [5.41, 5.74) is 2.54. The summed E-state index contributed by atoms with van der Waals surface area (Å²) in [6.45, 7) is 5.03. The molecule has 2 saturated heterocycles. The van der Waals surface area contributed by atoms with E-state index in [-0.39, 0.29) is 5.17 Å². The summed E-state index contributed by atoms with van der Waals surface area (Å²) in [4.78, 5) is 24.9. The van der Waals surface area contributed by atoms with E-state index in [1.165, 1.54) is 11.8 Å². The summed E-state index contributed by atoms with van der Waals surface area (Å²) in [5.74, 6) is 1.32. The van der Waals surface area contributed by atoms with E-state index in [1.54, 1.807) is 41.4 Å². The zero-order chi connectivity index (χ0) is 27.2. The molecule has 2 aliphatic heterocycles. The Morgan fingerprint density at radius 2 is 1.49 bits per heavy atom. The van der Waals surface area contributed by atoms with Gasteiger partial charge in [-0.05, 0) is 42.7 Å². The number of rotatable bonds is 7. The first kappa shape index (κ1) is 27.6. The third-order valence-corrected chi connectivity index (χ3v) is 7.58. The van der Waals surface area contributed by atoms with Gasteiger partial charge in [-0.3, -0.25) is 5.17 Å². The van der Waals surface area contributed by atoms with Gasteiger partial charge in [-0.1, -0.05) is 11.6 Å². The quantitative estimate of drug-likeness (QED) is 0.223. The number of nitrogens with zero attached hydrogens (tertiary/aromatic N) is 4. The highest BCUT2D eigenvalue weighted by Crippen LogP contribution is 2.35. The van der Waals surface area contributed by atoms with E-state index in [0.717, 1.165) is 29.4 Å². The highest BCUT2D eigenvalue weighted by molar-refractivity contribution is 7.98. The van der Waals surface area contributed by atoms with E-state index in [4.69, 9.17) is 26.1 Å². The van der Waals surface area contributed by atoms with Crippen LogP contribution in [0.3, 0.4) is 0 Å². The predicted molar refractivity (Wildman–Crippen MR) is 153 cm³/mol. The lowest BCUT2D eigenvalue weighted by atomic mass is 10.2. The lowest BCUT2D eigenvalue weighted by Crippen LogP contribution is -3.10. The van der Waals surface area contributed by atoms with Crippen LogP contribution in [0.1, 0.15) is 0 Å². The number of carbonyl (C=O) groups excluding carboxylic acids is 1. The van der Waals surface area contributed by atoms with Gasteiger partial charge in [0.25, 0.3) is 0 Å². The van der Waals surface area contributed by atoms with E-state index in [0.29, 0.717) is 67.6 Å². The largest absolute Gasteiger partial charge is 0.608 e. The second-order valence-corrected chi connectivity index (χ2v) is 10.1. The van der Waals surface area contributed by atoms with Crippen molar-refractivity contribution < 1.29 is 19.4 Å². The molecule has 206 valence electrons. The normalized spacial score (nSPS) is 17.1. The lowest BCUT2D eigenvalue weighted by Gasteiger charge is -2.35. The number of halogens is 1. The molecule has 2 aromatic carbocycles. The molecule has 1 aromatic heterocycles. The molecule has 0 spiro atoms. The molecule has 0 saturated carbocycles. The minimum Gasteiger partial charge on any atom is -0.608 e. The van der Waals surface area contributed by atoms with Gasteiger partial charge < -0.3 is 30.2 Å². The van der Waals surface area contributed by atoms with E-state index in [2.05, 4.69) is 20.5 Å². The Balaban J connectivity index is 1.21. The van der Waals surface area contributed by atoms with Gasteiger partial charge in [0.2, 0.25) is 0 Å². The van der Waals surface area contributed by atoms with Crippen LogP contribution in [0.2, 0.25) is 5.15 Å². The van der Waals surface area contributed by atoms with Gasteiger partial charge >= 0.3 is 6.03 Å². The lowest BCUT2D eigenvalue weighted by molar-refractivity contribution is -0.914. The molecule has 39 heavy (non-hydrogen) atoms. The number of hydrogen-bond donors (Lipinski definition) is 3. The summed E-state index contributed by atoms with van der Waals surface area (Å²) >= 11 is 8.05. The topological polar surface area (TPSA) is 119 Å². The van der Waals surface area contributed by atoms with Crippen LogP contribution >= 0.6 is 23.4 Å². The smallest absolute Gasteiger partial charge is 0.323 e. The predicted octanol–water partition coefficient (Wildman–Crippen LogP) is 3.26. The van der Waals surface area contributed by atoms with Gasteiger partial charge in [0, 0.05) is 42.2 Å². The number of hydrogen-bond acceptors (Lipinski definition) is 9. The summed E-state index contributed by atoms with van der Waals surface area (Å²) in [7, 11) is 0. The first-order chi connectivity index (χ1) is 19.0.